The Labute approximate surface area is 245 Å². The van der Waals surface area contributed by atoms with E-state index in [4.69, 9.17) is 4.74 Å². The van der Waals surface area contributed by atoms with Gasteiger partial charge in [0.15, 0.2) is 11.6 Å². The second kappa shape index (κ2) is 14.4. The van der Waals surface area contributed by atoms with Gasteiger partial charge in [0.05, 0.1) is 23.9 Å². The van der Waals surface area contributed by atoms with Crippen molar-refractivity contribution < 1.29 is 27.9 Å². The SMILES string of the molecule is COCC1=C(C(=O)NCCCN2CCC(c3cccc(NC(=O)C(C)C)c3)CC2)[C@@H](c2ccc(F)c(F)c2)NC(=O)N1. The Morgan fingerprint density at radius 2 is 1.83 bits per heavy atom. The normalized spacial score (nSPS) is 18.0. The molecule has 9 nitrogen and oxygen atoms in total. The van der Waals surface area contributed by atoms with Crippen molar-refractivity contribution in [3.8, 4) is 0 Å². The molecule has 11 heteroatoms. The smallest absolute Gasteiger partial charge is 0.319 e. The van der Waals surface area contributed by atoms with Crippen molar-refractivity contribution in [3.05, 3.63) is 76.5 Å². The van der Waals surface area contributed by atoms with Gasteiger partial charge in [0, 0.05) is 25.3 Å². The van der Waals surface area contributed by atoms with E-state index >= 15 is 0 Å². The molecular formula is C31H39F2N5O4. The Balaban J connectivity index is 1.30. The van der Waals surface area contributed by atoms with Gasteiger partial charge in [0.2, 0.25) is 5.91 Å². The van der Waals surface area contributed by atoms with Gasteiger partial charge in [0.1, 0.15) is 0 Å². The predicted octanol–water partition coefficient (Wildman–Crippen LogP) is 4.20. The van der Waals surface area contributed by atoms with Gasteiger partial charge < -0.3 is 30.9 Å². The van der Waals surface area contributed by atoms with Crippen molar-refractivity contribution in [3.63, 3.8) is 0 Å². The topological polar surface area (TPSA) is 112 Å². The van der Waals surface area contributed by atoms with Gasteiger partial charge in [-0.25, -0.2) is 13.6 Å². The third-order valence-electron chi connectivity index (χ3n) is 7.64. The summed E-state index contributed by atoms with van der Waals surface area (Å²) in [5.74, 6) is -2.16. The molecule has 1 saturated heterocycles. The number of rotatable bonds is 11. The van der Waals surface area contributed by atoms with Crippen LogP contribution in [0.1, 0.15) is 56.2 Å². The van der Waals surface area contributed by atoms with E-state index in [-0.39, 0.29) is 35.3 Å². The number of hydrogen-bond acceptors (Lipinski definition) is 5. The summed E-state index contributed by atoms with van der Waals surface area (Å²) in [6.45, 7) is 6.78. The van der Waals surface area contributed by atoms with Crippen molar-refractivity contribution in [2.75, 3.05) is 45.2 Å². The highest BCUT2D eigenvalue weighted by atomic mass is 19.2. The second-order valence-electron chi connectivity index (χ2n) is 11.0. The molecular weight excluding hydrogens is 544 g/mol. The molecule has 226 valence electrons. The number of carbonyl (C=O) groups is 3. The number of amides is 4. The Morgan fingerprint density at radius 1 is 1.07 bits per heavy atom. The fraction of sp³-hybridized carbons (Fsp3) is 0.452. The molecule has 2 aromatic rings. The van der Waals surface area contributed by atoms with Crippen molar-refractivity contribution in [2.45, 2.75) is 45.1 Å². The van der Waals surface area contributed by atoms with Crippen molar-refractivity contribution in [1.82, 2.24) is 20.9 Å². The fourth-order valence-electron chi connectivity index (χ4n) is 5.33. The van der Waals surface area contributed by atoms with Gasteiger partial charge in [-0.3, -0.25) is 9.59 Å². The van der Waals surface area contributed by atoms with Crippen molar-refractivity contribution in [2.24, 2.45) is 5.92 Å². The highest BCUT2D eigenvalue weighted by molar-refractivity contribution is 5.98. The first-order valence-electron chi connectivity index (χ1n) is 14.3. The maximum atomic E-state index is 14.0. The number of nitrogens with zero attached hydrogens (tertiary/aromatic N) is 1. The second-order valence-corrected chi connectivity index (χ2v) is 11.0. The molecule has 4 amide bonds. The lowest BCUT2D eigenvalue weighted by molar-refractivity contribution is -0.119. The van der Waals surface area contributed by atoms with Crippen molar-refractivity contribution >= 4 is 23.5 Å². The molecule has 42 heavy (non-hydrogen) atoms. The Morgan fingerprint density at radius 3 is 2.52 bits per heavy atom. The Kier molecular flexibility index (Phi) is 10.6. The third kappa shape index (κ3) is 7.92. The minimum Gasteiger partial charge on any atom is -0.378 e. The molecule has 4 rings (SSSR count). The number of ether oxygens (including phenoxy) is 1. The van der Waals surface area contributed by atoms with E-state index in [0.29, 0.717) is 12.5 Å². The lowest BCUT2D eigenvalue weighted by Gasteiger charge is -2.32. The number of anilines is 1. The summed E-state index contributed by atoms with van der Waals surface area (Å²) in [5, 5.41) is 11.1. The number of benzene rings is 2. The minimum absolute atomic E-state index is 0.00430. The fourth-order valence-corrected chi connectivity index (χ4v) is 5.33. The number of carbonyl (C=O) groups excluding carboxylic acids is 3. The number of likely N-dealkylation sites (tertiary alicyclic amines) is 1. The number of hydrogen-bond donors (Lipinski definition) is 4. The number of halogens is 2. The monoisotopic (exact) mass is 583 g/mol. The lowest BCUT2D eigenvalue weighted by Crippen LogP contribution is -2.48. The standard InChI is InChI=1S/C31H39F2N5O4/c1-19(2)29(39)35-23-7-4-6-21(16-23)20-10-14-38(15-11-20)13-5-12-34-30(40)27-26(18-42-3)36-31(41)37-28(27)22-8-9-24(32)25(33)17-22/h4,6-9,16-17,19-20,28H,5,10-15,18H2,1-3H3,(H,34,40)(H,35,39)(H2,36,37,41)/t28-/m1/s1. The molecule has 0 saturated carbocycles. The average molecular weight is 584 g/mol. The molecule has 0 aliphatic carbocycles. The van der Waals surface area contributed by atoms with E-state index in [2.05, 4.69) is 38.3 Å². The predicted molar refractivity (Wildman–Crippen MR) is 156 cm³/mol. The summed E-state index contributed by atoms with van der Waals surface area (Å²) in [6, 6.07) is 9.84. The van der Waals surface area contributed by atoms with Crippen LogP contribution in [0.5, 0.6) is 0 Å². The molecule has 2 heterocycles. The van der Waals surface area contributed by atoms with Crippen LogP contribution in [0.25, 0.3) is 0 Å². The molecule has 1 atom stereocenters. The molecule has 2 aliphatic heterocycles. The van der Waals surface area contributed by atoms with E-state index in [1.807, 2.05) is 26.0 Å². The first-order valence-corrected chi connectivity index (χ1v) is 14.3. The van der Waals surface area contributed by atoms with E-state index < -0.39 is 29.6 Å². The highest BCUT2D eigenvalue weighted by Gasteiger charge is 2.33. The summed E-state index contributed by atoms with van der Waals surface area (Å²) in [6.07, 6.45) is 2.72. The van der Waals surface area contributed by atoms with Crippen LogP contribution < -0.4 is 21.3 Å². The first kappa shape index (κ1) is 31.1. The average Bonchev–Trinajstić information content (AvgIpc) is 2.97. The molecule has 0 spiro atoms. The van der Waals surface area contributed by atoms with Crippen LogP contribution in [0.4, 0.5) is 19.3 Å². The summed E-state index contributed by atoms with van der Waals surface area (Å²) in [7, 11) is 1.44. The molecule has 2 aliphatic rings. The van der Waals surface area contributed by atoms with Crippen LogP contribution in [-0.2, 0) is 14.3 Å². The first-order chi connectivity index (χ1) is 20.2. The number of nitrogens with one attached hydrogen (secondary N) is 4. The van der Waals surface area contributed by atoms with Gasteiger partial charge in [-0.05, 0) is 80.2 Å². The maximum absolute atomic E-state index is 14.0. The molecule has 1 fully saturated rings. The number of urea groups is 1. The van der Waals surface area contributed by atoms with E-state index in [1.165, 1.54) is 18.7 Å². The van der Waals surface area contributed by atoms with Gasteiger partial charge in [-0.15, -0.1) is 0 Å². The molecule has 4 N–H and O–H groups in total. The van der Waals surface area contributed by atoms with Crippen LogP contribution in [0.3, 0.4) is 0 Å². The summed E-state index contributed by atoms with van der Waals surface area (Å²) in [5.41, 5.74) is 2.76. The van der Waals surface area contributed by atoms with Crippen LogP contribution in [0.2, 0.25) is 0 Å². The summed E-state index contributed by atoms with van der Waals surface area (Å²) in [4.78, 5) is 40.0. The van der Waals surface area contributed by atoms with Gasteiger partial charge in [-0.1, -0.05) is 32.0 Å². The molecule has 0 unspecified atom stereocenters. The molecule has 0 bridgehead atoms. The lowest BCUT2D eigenvalue weighted by atomic mass is 9.89. The van der Waals surface area contributed by atoms with E-state index in [1.54, 1.807) is 0 Å². The summed E-state index contributed by atoms with van der Waals surface area (Å²) >= 11 is 0. The molecule has 0 radical (unpaired) electrons. The van der Waals surface area contributed by atoms with Crippen LogP contribution >= 0.6 is 0 Å². The maximum Gasteiger partial charge on any atom is 0.319 e. The third-order valence-corrected chi connectivity index (χ3v) is 7.64. The van der Waals surface area contributed by atoms with Gasteiger partial charge in [-0.2, -0.15) is 0 Å². The number of piperidine rings is 1. The van der Waals surface area contributed by atoms with Gasteiger partial charge in [0.25, 0.3) is 5.91 Å². The largest absolute Gasteiger partial charge is 0.378 e. The van der Waals surface area contributed by atoms with E-state index in [0.717, 1.165) is 56.7 Å². The Bertz CT molecular complexity index is 1320. The molecule has 2 aromatic carbocycles. The minimum atomic E-state index is -1.07. The van der Waals surface area contributed by atoms with Crippen LogP contribution in [0.15, 0.2) is 53.7 Å². The highest BCUT2D eigenvalue weighted by Crippen LogP contribution is 2.30. The molecule has 0 aromatic heterocycles. The summed E-state index contributed by atoms with van der Waals surface area (Å²) < 4.78 is 32.7. The van der Waals surface area contributed by atoms with Crippen molar-refractivity contribution in [1.29, 1.82) is 0 Å². The zero-order valence-corrected chi connectivity index (χ0v) is 24.3. The number of methoxy groups -OCH3 is 1. The van der Waals surface area contributed by atoms with Crippen LogP contribution in [0, 0.1) is 17.6 Å². The quantitative estimate of drug-likeness (QED) is 0.297. The van der Waals surface area contributed by atoms with E-state index in [9.17, 15) is 23.2 Å². The zero-order valence-electron chi connectivity index (χ0n) is 24.3. The van der Waals surface area contributed by atoms with Crippen LogP contribution in [-0.4, -0.2) is 62.6 Å². The zero-order chi connectivity index (χ0) is 30.2. The Hall–Kier alpha value is -3.83. The van der Waals surface area contributed by atoms with Gasteiger partial charge >= 0.3 is 6.03 Å².